The first-order valence-electron chi connectivity index (χ1n) is 8.58. The van der Waals surface area contributed by atoms with Crippen LogP contribution >= 0.6 is 0 Å². The summed E-state index contributed by atoms with van der Waals surface area (Å²) >= 11 is 0. The predicted molar refractivity (Wildman–Crippen MR) is 101 cm³/mol. The molecule has 0 N–H and O–H groups in total. The van der Waals surface area contributed by atoms with Crippen LogP contribution in [-0.4, -0.2) is 28.3 Å². The fraction of sp³-hybridized carbons (Fsp3) is 0.238. The van der Waals surface area contributed by atoms with Gasteiger partial charge in [0.05, 0.1) is 5.56 Å². The van der Waals surface area contributed by atoms with Gasteiger partial charge in [0.2, 0.25) is 0 Å². The van der Waals surface area contributed by atoms with Crippen LogP contribution in [0.25, 0.3) is 11.1 Å². The minimum atomic E-state index is -0.0283. The van der Waals surface area contributed by atoms with Gasteiger partial charge in [-0.15, -0.1) is 0 Å². The summed E-state index contributed by atoms with van der Waals surface area (Å²) in [7, 11) is 2.10. The molecule has 0 fully saturated rings. The summed E-state index contributed by atoms with van der Waals surface area (Å²) < 4.78 is 1.57. The van der Waals surface area contributed by atoms with Crippen LogP contribution < -0.4 is 5.56 Å². The molecule has 0 saturated carbocycles. The Balaban J connectivity index is 1.59. The summed E-state index contributed by atoms with van der Waals surface area (Å²) in [6, 6.07) is 21.9. The molecule has 0 radical (unpaired) electrons. The second-order valence-electron chi connectivity index (χ2n) is 6.22. The number of rotatable bonds is 7. The van der Waals surface area contributed by atoms with Crippen LogP contribution in [0.4, 0.5) is 0 Å². The van der Waals surface area contributed by atoms with Gasteiger partial charge in [0, 0.05) is 19.3 Å². The van der Waals surface area contributed by atoms with Crippen LogP contribution in [0.15, 0.2) is 77.7 Å². The van der Waals surface area contributed by atoms with Gasteiger partial charge in [0.25, 0.3) is 5.56 Å². The van der Waals surface area contributed by atoms with Crippen molar-refractivity contribution in [2.45, 2.75) is 19.5 Å². The molecule has 2 aromatic carbocycles. The zero-order valence-electron chi connectivity index (χ0n) is 14.5. The molecule has 1 aromatic heterocycles. The lowest BCUT2D eigenvalue weighted by Gasteiger charge is -2.16. The standard InChI is InChI=1S/C21H23N3O/c1-23(17-18-9-4-2-5-10-18)15-8-16-24-21(25)20(13-14-22-24)19-11-6-3-7-12-19/h2-7,9-14H,8,15-17H2,1H3. The Morgan fingerprint density at radius 3 is 2.36 bits per heavy atom. The van der Waals surface area contributed by atoms with Gasteiger partial charge in [-0.25, -0.2) is 4.68 Å². The van der Waals surface area contributed by atoms with Crippen LogP contribution in [0, 0.1) is 0 Å². The van der Waals surface area contributed by atoms with E-state index < -0.39 is 0 Å². The quantitative estimate of drug-likeness (QED) is 0.665. The van der Waals surface area contributed by atoms with Crippen molar-refractivity contribution >= 4 is 0 Å². The topological polar surface area (TPSA) is 38.1 Å². The molecule has 3 rings (SSSR count). The van der Waals surface area contributed by atoms with E-state index >= 15 is 0 Å². The van der Waals surface area contributed by atoms with Crippen LogP contribution in [-0.2, 0) is 13.1 Å². The highest BCUT2D eigenvalue weighted by Gasteiger charge is 2.07. The summed E-state index contributed by atoms with van der Waals surface area (Å²) in [4.78, 5) is 14.9. The van der Waals surface area contributed by atoms with Crippen LogP contribution in [0.3, 0.4) is 0 Å². The fourth-order valence-corrected chi connectivity index (χ4v) is 2.91. The fourth-order valence-electron chi connectivity index (χ4n) is 2.91. The first-order valence-corrected chi connectivity index (χ1v) is 8.58. The van der Waals surface area contributed by atoms with E-state index in [1.54, 1.807) is 16.9 Å². The van der Waals surface area contributed by atoms with Gasteiger partial charge in [-0.3, -0.25) is 4.79 Å². The first-order chi connectivity index (χ1) is 12.2. The molecule has 3 aromatic rings. The van der Waals surface area contributed by atoms with Crippen molar-refractivity contribution in [3.63, 3.8) is 0 Å². The lowest BCUT2D eigenvalue weighted by atomic mass is 10.1. The molecule has 0 aliphatic rings. The average molecular weight is 333 g/mol. The minimum absolute atomic E-state index is 0.0283. The van der Waals surface area contributed by atoms with E-state index in [4.69, 9.17) is 0 Å². The van der Waals surface area contributed by atoms with Crippen molar-refractivity contribution in [3.05, 3.63) is 88.8 Å². The van der Waals surface area contributed by atoms with Crippen LogP contribution in [0.2, 0.25) is 0 Å². The van der Waals surface area contributed by atoms with E-state index in [2.05, 4.69) is 41.3 Å². The molecule has 4 heteroatoms. The zero-order chi connectivity index (χ0) is 17.5. The maximum atomic E-state index is 12.6. The molecule has 4 nitrogen and oxygen atoms in total. The van der Waals surface area contributed by atoms with E-state index in [9.17, 15) is 4.79 Å². The number of hydrogen-bond donors (Lipinski definition) is 0. The largest absolute Gasteiger partial charge is 0.302 e. The lowest BCUT2D eigenvalue weighted by Crippen LogP contribution is -2.26. The van der Waals surface area contributed by atoms with Crippen molar-refractivity contribution in [2.75, 3.05) is 13.6 Å². The second-order valence-corrected chi connectivity index (χ2v) is 6.22. The first kappa shape index (κ1) is 17.1. The highest BCUT2D eigenvalue weighted by atomic mass is 16.1. The Kier molecular flexibility index (Phi) is 5.75. The zero-order valence-corrected chi connectivity index (χ0v) is 14.5. The Hall–Kier alpha value is -2.72. The molecule has 0 aliphatic heterocycles. The molecular formula is C21H23N3O. The molecule has 1 heterocycles. The van der Waals surface area contributed by atoms with Gasteiger partial charge < -0.3 is 4.90 Å². The molecule has 0 atom stereocenters. The molecular weight excluding hydrogens is 310 g/mol. The minimum Gasteiger partial charge on any atom is -0.302 e. The number of aryl methyl sites for hydroxylation is 1. The summed E-state index contributed by atoms with van der Waals surface area (Å²) in [5, 5.41) is 4.23. The molecule has 0 spiro atoms. The number of nitrogens with zero attached hydrogens (tertiary/aromatic N) is 3. The third-order valence-electron chi connectivity index (χ3n) is 4.20. The van der Waals surface area contributed by atoms with Crippen molar-refractivity contribution in [1.82, 2.24) is 14.7 Å². The van der Waals surface area contributed by atoms with Crippen LogP contribution in [0.1, 0.15) is 12.0 Å². The average Bonchev–Trinajstić information content (AvgIpc) is 2.65. The maximum absolute atomic E-state index is 12.6. The summed E-state index contributed by atoms with van der Waals surface area (Å²) in [5.74, 6) is 0. The van der Waals surface area contributed by atoms with E-state index in [0.717, 1.165) is 25.1 Å². The van der Waals surface area contributed by atoms with Crippen LogP contribution in [0.5, 0.6) is 0 Å². The molecule has 0 aliphatic carbocycles. The Morgan fingerprint density at radius 2 is 1.64 bits per heavy atom. The van der Waals surface area contributed by atoms with Gasteiger partial charge in [-0.05, 0) is 37.2 Å². The monoisotopic (exact) mass is 333 g/mol. The lowest BCUT2D eigenvalue weighted by molar-refractivity contribution is 0.310. The molecule has 0 unspecified atom stereocenters. The van der Waals surface area contributed by atoms with Gasteiger partial charge >= 0.3 is 0 Å². The highest BCUT2D eigenvalue weighted by Crippen LogP contribution is 2.13. The second kappa shape index (κ2) is 8.40. The molecule has 0 saturated heterocycles. The van der Waals surface area contributed by atoms with E-state index in [0.29, 0.717) is 12.1 Å². The van der Waals surface area contributed by atoms with Gasteiger partial charge in [-0.1, -0.05) is 60.7 Å². The molecule has 0 amide bonds. The summed E-state index contributed by atoms with van der Waals surface area (Å²) in [6.45, 7) is 2.45. The van der Waals surface area contributed by atoms with Gasteiger partial charge in [-0.2, -0.15) is 5.10 Å². The Labute approximate surface area is 148 Å². The van der Waals surface area contributed by atoms with Gasteiger partial charge in [0.15, 0.2) is 0 Å². The normalized spacial score (nSPS) is 11.0. The third kappa shape index (κ3) is 4.64. The van der Waals surface area contributed by atoms with Crippen molar-refractivity contribution < 1.29 is 0 Å². The van der Waals surface area contributed by atoms with Gasteiger partial charge in [0.1, 0.15) is 0 Å². The molecule has 128 valence electrons. The van der Waals surface area contributed by atoms with Crippen molar-refractivity contribution in [1.29, 1.82) is 0 Å². The SMILES string of the molecule is CN(CCCn1nccc(-c2ccccc2)c1=O)Cc1ccccc1. The predicted octanol–water partition coefficient (Wildman–Crippen LogP) is 3.43. The Bertz CT molecular complexity index is 844. The smallest absolute Gasteiger partial charge is 0.274 e. The van der Waals surface area contributed by atoms with Crippen molar-refractivity contribution in [3.8, 4) is 11.1 Å². The Morgan fingerprint density at radius 1 is 0.960 bits per heavy atom. The maximum Gasteiger partial charge on any atom is 0.274 e. The summed E-state index contributed by atoms with van der Waals surface area (Å²) in [5.41, 5.74) is 2.91. The third-order valence-corrected chi connectivity index (χ3v) is 4.20. The van der Waals surface area contributed by atoms with E-state index in [1.165, 1.54) is 5.56 Å². The summed E-state index contributed by atoms with van der Waals surface area (Å²) in [6.07, 6.45) is 2.59. The number of benzene rings is 2. The molecule has 25 heavy (non-hydrogen) atoms. The number of aromatic nitrogens is 2. The highest BCUT2D eigenvalue weighted by molar-refractivity contribution is 5.61. The number of hydrogen-bond acceptors (Lipinski definition) is 3. The van der Waals surface area contributed by atoms with E-state index in [-0.39, 0.29) is 5.56 Å². The van der Waals surface area contributed by atoms with Crippen molar-refractivity contribution in [2.24, 2.45) is 0 Å². The molecule has 0 bridgehead atoms. The van der Waals surface area contributed by atoms with E-state index in [1.807, 2.05) is 36.4 Å².